The predicted molar refractivity (Wildman–Crippen MR) is 113 cm³/mol. The number of ether oxygens (including phenoxy) is 2. The van der Waals surface area contributed by atoms with E-state index in [-0.39, 0.29) is 0 Å². The van der Waals surface area contributed by atoms with Gasteiger partial charge < -0.3 is 20.1 Å². The third-order valence-corrected chi connectivity index (χ3v) is 6.13. The minimum Gasteiger partial charge on any atom is -0.381 e. The fourth-order valence-corrected chi connectivity index (χ4v) is 4.48. The molecule has 150 valence electrons. The van der Waals surface area contributed by atoms with Crippen molar-refractivity contribution in [3.8, 4) is 0 Å². The number of rotatable bonds is 7. The van der Waals surface area contributed by atoms with Crippen molar-refractivity contribution < 1.29 is 9.47 Å². The first-order valence-electron chi connectivity index (χ1n) is 10.2. The van der Waals surface area contributed by atoms with Crippen molar-refractivity contribution in [2.45, 2.75) is 57.9 Å². The molecule has 0 spiro atoms. The molecular weight excluding hydrogens is 358 g/mol. The average molecular weight is 392 g/mol. The fourth-order valence-electron chi connectivity index (χ4n) is 3.41. The average Bonchev–Trinajstić information content (AvgIpc) is 2.72. The summed E-state index contributed by atoms with van der Waals surface area (Å²) < 4.78 is 11.4. The Kier molecular flexibility index (Phi) is 8.78. The van der Waals surface area contributed by atoms with Crippen molar-refractivity contribution in [1.29, 1.82) is 0 Å². The van der Waals surface area contributed by atoms with E-state index < -0.39 is 0 Å². The molecule has 2 aliphatic heterocycles. The second-order valence-electron chi connectivity index (χ2n) is 7.20. The molecule has 2 aliphatic rings. The Hall–Kier alpha value is -1.24. The SMILES string of the molecule is CCNC(=NCc1cccc(COC2CCOCC2)c1)NC1CCCSC1. The van der Waals surface area contributed by atoms with Gasteiger partial charge >= 0.3 is 0 Å². The molecule has 1 aromatic rings. The quantitative estimate of drug-likeness (QED) is 0.552. The smallest absolute Gasteiger partial charge is 0.191 e. The number of benzene rings is 1. The molecule has 0 amide bonds. The molecule has 0 radical (unpaired) electrons. The molecule has 0 aromatic heterocycles. The lowest BCUT2D eigenvalue weighted by molar-refractivity contribution is -0.0390. The first-order chi connectivity index (χ1) is 13.3. The minimum absolute atomic E-state index is 0.332. The van der Waals surface area contributed by atoms with E-state index in [2.05, 4.69) is 41.8 Å². The van der Waals surface area contributed by atoms with E-state index in [1.54, 1.807) is 0 Å². The monoisotopic (exact) mass is 391 g/mol. The van der Waals surface area contributed by atoms with Crippen LogP contribution in [0.25, 0.3) is 0 Å². The van der Waals surface area contributed by atoms with E-state index in [4.69, 9.17) is 14.5 Å². The maximum absolute atomic E-state index is 6.05. The van der Waals surface area contributed by atoms with Gasteiger partial charge in [-0.1, -0.05) is 24.3 Å². The predicted octanol–water partition coefficient (Wildman–Crippen LogP) is 3.33. The number of guanidine groups is 1. The minimum atomic E-state index is 0.332. The Morgan fingerprint density at radius 3 is 2.89 bits per heavy atom. The van der Waals surface area contributed by atoms with Crippen molar-refractivity contribution in [1.82, 2.24) is 10.6 Å². The van der Waals surface area contributed by atoms with Gasteiger partial charge in [0.05, 0.1) is 19.3 Å². The van der Waals surface area contributed by atoms with E-state index in [0.29, 0.717) is 25.3 Å². The summed E-state index contributed by atoms with van der Waals surface area (Å²) in [6.45, 7) is 5.98. The van der Waals surface area contributed by atoms with Crippen LogP contribution < -0.4 is 10.6 Å². The molecule has 5 nitrogen and oxygen atoms in total. The Morgan fingerprint density at radius 1 is 1.26 bits per heavy atom. The third-order valence-electron chi connectivity index (χ3n) is 4.91. The number of hydrogen-bond donors (Lipinski definition) is 2. The zero-order valence-corrected chi connectivity index (χ0v) is 17.2. The summed E-state index contributed by atoms with van der Waals surface area (Å²) in [5.74, 6) is 3.38. The van der Waals surface area contributed by atoms with Crippen LogP contribution in [0.1, 0.15) is 43.7 Å². The zero-order chi connectivity index (χ0) is 18.7. The summed E-state index contributed by atoms with van der Waals surface area (Å²) >= 11 is 2.03. The number of nitrogens with zero attached hydrogens (tertiary/aromatic N) is 1. The molecule has 2 heterocycles. The molecule has 0 aliphatic carbocycles. The molecule has 2 fully saturated rings. The lowest BCUT2D eigenvalue weighted by atomic mass is 10.1. The molecule has 2 N–H and O–H groups in total. The molecule has 1 atom stereocenters. The Labute approximate surface area is 167 Å². The molecule has 1 aromatic carbocycles. The molecular formula is C21H33N3O2S. The highest BCUT2D eigenvalue weighted by Gasteiger charge is 2.15. The van der Waals surface area contributed by atoms with Crippen LogP contribution in [0, 0.1) is 0 Å². The van der Waals surface area contributed by atoms with Crippen LogP contribution in [0.3, 0.4) is 0 Å². The van der Waals surface area contributed by atoms with Crippen LogP contribution >= 0.6 is 11.8 Å². The van der Waals surface area contributed by atoms with Gasteiger partial charge in [0.1, 0.15) is 0 Å². The van der Waals surface area contributed by atoms with Crippen LogP contribution in [-0.2, 0) is 22.6 Å². The molecule has 2 saturated heterocycles. The Bertz CT molecular complexity index is 585. The van der Waals surface area contributed by atoms with Crippen LogP contribution in [-0.4, -0.2) is 49.4 Å². The fraction of sp³-hybridized carbons (Fsp3) is 0.667. The summed E-state index contributed by atoms with van der Waals surface area (Å²) in [5.41, 5.74) is 2.44. The van der Waals surface area contributed by atoms with Gasteiger partial charge in [-0.3, -0.25) is 0 Å². The van der Waals surface area contributed by atoms with Crippen molar-refractivity contribution in [3.05, 3.63) is 35.4 Å². The lowest BCUT2D eigenvalue weighted by Gasteiger charge is -2.24. The van der Waals surface area contributed by atoms with Gasteiger partial charge in [-0.15, -0.1) is 0 Å². The van der Waals surface area contributed by atoms with E-state index in [1.807, 2.05) is 11.8 Å². The zero-order valence-electron chi connectivity index (χ0n) is 16.4. The van der Waals surface area contributed by atoms with Crippen LogP contribution in [0.5, 0.6) is 0 Å². The van der Waals surface area contributed by atoms with Crippen molar-refractivity contribution in [3.63, 3.8) is 0 Å². The summed E-state index contributed by atoms with van der Waals surface area (Å²) in [7, 11) is 0. The largest absolute Gasteiger partial charge is 0.381 e. The molecule has 1 unspecified atom stereocenters. The summed E-state index contributed by atoms with van der Waals surface area (Å²) in [5, 5.41) is 6.97. The molecule has 3 rings (SSSR count). The van der Waals surface area contributed by atoms with Crippen molar-refractivity contribution >= 4 is 17.7 Å². The van der Waals surface area contributed by atoms with Gasteiger partial charge in [-0.2, -0.15) is 11.8 Å². The normalized spacial score (nSPS) is 21.8. The van der Waals surface area contributed by atoms with Crippen LogP contribution in [0.15, 0.2) is 29.3 Å². The number of thioether (sulfide) groups is 1. The highest BCUT2D eigenvalue weighted by molar-refractivity contribution is 7.99. The Morgan fingerprint density at radius 2 is 2.11 bits per heavy atom. The molecule has 0 bridgehead atoms. The highest BCUT2D eigenvalue weighted by Crippen LogP contribution is 2.17. The number of aliphatic imine (C=N–C) groups is 1. The van der Waals surface area contributed by atoms with Gasteiger partial charge in [-0.25, -0.2) is 4.99 Å². The number of nitrogens with one attached hydrogen (secondary N) is 2. The highest BCUT2D eigenvalue weighted by atomic mass is 32.2. The molecule has 27 heavy (non-hydrogen) atoms. The summed E-state index contributed by atoms with van der Waals surface area (Å²) in [6, 6.07) is 9.12. The third kappa shape index (κ3) is 7.35. The van der Waals surface area contributed by atoms with Crippen molar-refractivity contribution in [2.75, 3.05) is 31.3 Å². The van der Waals surface area contributed by atoms with Crippen LogP contribution in [0.2, 0.25) is 0 Å². The standard InChI is InChI=1S/C21H33N3O2S/c1-2-22-21(24-19-7-4-12-27-16-19)23-14-17-5-3-6-18(13-17)15-26-20-8-10-25-11-9-20/h3,5-6,13,19-20H,2,4,7-12,14-16H2,1H3,(H2,22,23,24). The molecule has 6 heteroatoms. The lowest BCUT2D eigenvalue weighted by Crippen LogP contribution is -2.45. The maximum Gasteiger partial charge on any atom is 0.191 e. The first kappa shape index (κ1) is 20.5. The second-order valence-corrected chi connectivity index (χ2v) is 8.35. The van der Waals surface area contributed by atoms with Gasteiger partial charge in [0.15, 0.2) is 5.96 Å². The topological polar surface area (TPSA) is 54.9 Å². The second kappa shape index (κ2) is 11.6. The summed E-state index contributed by atoms with van der Waals surface area (Å²) in [4.78, 5) is 4.80. The number of hydrogen-bond acceptors (Lipinski definition) is 4. The van der Waals surface area contributed by atoms with Crippen molar-refractivity contribution in [2.24, 2.45) is 4.99 Å². The van der Waals surface area contributed by atoms with Crippen LogP contribution in [0.4, 0.5) is 0 Å². The Balaban J connectivity index is 1.52. The maximum atomic E-state index is 6.05. The molecule has 0 saturated carbocycles. The van der Waals surface area contributed by atoms with Gasteiger partial charge in [-0.05, 0) is 49.5 Å². The summed E-state index contributed by atoms with van der Waals surface area (Å²) in [6.07, 6.45) is 4.86. The van der Waals surface area contributed by atoms with Gasteiger partial charge in [0.25, 0.3) is 0 Å². The van der Waals surface area contributed by atoms with E-state index in [0.717, 1.165) is 38.6 Å². The van der Waals surface area contributed by atoms with E-state index in [1.165, 1.54) is 35.5 Å². The first-order valence-corrected chi connectivity index (χ1v) is 11.4. The van der Waals surface area contributed by atoms with Gasteiger partial charge in [0, 0.05) is 31.6 Å². The van der Waals surface area contributed by atoms with E-state index in [9.17, 15) is 0 Å². The van der Waals surface area contributed by atoms with Gasteiger partial charge in [0.2, 0.25) is 0 Å². The van der Waals surface area contributed by atoms with E-state index >= 15 is 0 Å².